The van der Waals surface area contributed by atoms with Gasteiger partial charge in [0.1, 0.15) is 11.8 Å². The lowest BCUT2D eigenvalue weighted by Gasteiger charge is -2.17. The second kappa shape index (κ2) is 10.2. The number of aromatic nitrogens is 1. The predicted octanol–water partition coefficient (Wildman–Crippen LogP) is 4.86. The largest absolute Gasteiger partial charge is 0.497 e. The van der Waals surface area contributed by atoms with Crippen molar-refractivity contribution in [2.24, 2.45) is 0 Å². The van der Waals surface area contributed by atoms with Gasteiger partial charge in [0, 0.05) is 17.4 Å². The molecule has 2 aromatic heterocycles. The molecular weight excluding hydrogens is 442 g/mol. The first-order chi connectivity index (χ1) is 15.6. The molecule has 0 fully saturated rings. The summed E-state index contributed by atoms with van der Waals surface area (Å²) in [6.45, 7) is 0. The van der Waals surface area contributed by atoms with Gasteiger partial charge < -0.3 is 15.4 Å². The third-order valence-electron chi connectivity index (χ3n) is 4.77. The van der Waals surface area contributed by atoms with Crippen molar-refractivity contribution in [3.05, 3.63) is 87.9 Å². The molecule has 0 radical (unpaired) electrons. The molecule has 0 saturated heterocycles. The second-order valence-electron chi connectivity index (χ2n) is 6.95. The molecule has 32 heavy (non-hydrogen) atoms. The second-order valence-corrected chi connectivity index (χ2v) is 8.75. The number of ether oxygens (including phenoxy) is 1. The van der Waals surface area contributed by atoms with Crippen molar-refractivity contribution in [2.75, 3.05) is 12.4 Å². The minimum absolute atomic E-state index is 0.269. The van der Waals surface area contributed by atoms with Crippen LogP contribution in [0.2, 0.25) is 0 Å². The first-order valence-corrected chi connectivity index (χ1v) is 11.7. The molecule has 1 atom stereocenters. The van der Waals surface area contributed by atoms with Crippen molar-refractivity contribution < 1.29 is 14.3 Å². The Morgan fingerprint density at radius 1 is 1.00 bits per heavy atom. The van der Waals surface area contributed by atoms with E-state index in [-0.39, 0.29) is 11.8 Å². The number of thiophene rings is 1. The van der Waals surface area contributed by atoms with Crippen LogP contribution in [0.5, 0.6) is 5.75 Å². The lowest BCUT2D eigenvalue weighted by molar-refractivity contribution is -0.118. The van der Waals surface area contributed by atoms with Crippen LogP contribution in [-0.2, 0) is 11.2 Å². The summed E-state index contributed by atoms with van der Waals surface area (Å²) in [6, 6.07) is 20.0. The molecule has 0 aliphatic heterocycles. The fourth-order valence-electron chi connectivity index (χ4n) is 3.11. The number of thiazole rings is 1. The van der Waals surface area contributed by atoms with Crippen molar-refractivity contribution >= 4 is 39.6 Å². The number of carbonyl (C=O) groups excluding carboxylic acids is 2. The lowest BCUT2D eigenvalue weighted by Crippen LogP contribution is -2.45. The van der Waals surface area contributed by atoms with Crippen LogP contribution < -0.4 is 15.4 Å². The third kappa shape index (κ3) is 5.40. The summed E-state index contributed by atoms with van der Waals surface area (Å²) in [4.78, 5) is 30.8. The molecule has 8 heteroatoms. The van der Waals surface area contributed by atoms with Crippen LogP contribution in [0.25, 0.3) is 11.3 Å². The van der Waals surface area contributed by atoms with Gasteiger partial charge in [0.15, 0.2) is 5.13 Å². The lowest BCUT2D eigenvalue weighted by atomic mass is 10.1. The number of benzene rings is 2. The first kappa shape index (κ1) is 21.7. The van der Waals surface area contributed by atoms with Gasteiger partial charge in [-0.3, -0.25) is 9.59 Å². The summed E-state index contributed by atoms with van der Waals surface area (Å²) in [6.07, 6.45) is 0.375. The van der Waals surface area contributed by atoms with E-state index in [0.29, 0.717) is 16.4 Å². The highest BCUT2D eigenvalue weighted by Gasteiger charge is 2.23. The molecule has 0 bridgehead atoms. The van der Waals surface area contributed by atoms with Crippen molar-refractivity contribution in [3.8, 4) is 17.0 Å². The van der Waals surface area contributed by atoms with Crippen LogP contribution >= 0.6 is 22.7 Å². The molecule has 4 aromatic rings. The number of amides is 2. The van der Waals surface area contributed by atoms with E-state index in [9.17, 15) is 9.59 Å². The Hall–Kier alpha value is -3.49. The highest BCUT2D eigenvalue weighted by atomic mass is 32.1. The van der Waals surface area contributed by atoms with Crippen LogP contribution in [-0.4, -0.2) is 29.9 Å². The average Bonchev–Trinajstić information content (AvgIpc) is 3.52. The topological polar surface area (TPSA) is 80.3 Å². The zero-order valence-electron chi connectivity index (χ0n) is 17.3. The number of nitrogens with zero attached hydrogens (tertiary/aromatic N) is 1. The van der Waals surface area contributed by atoms with Crippen LogP contribution in [0.1, 0.15) is 15.2 Å². The summed E-state index contributed by atoms with van der Waals surface area (Å²) in [5, 5.41) is 9.91. The molecule has 0 saturated carbocycles. The molecule has 2 amide bonds. The molecule has 0 spiro atoms. The van der Waals surface area contributed by atoms with Crippen molar-refractivity contribution in [1.82, 2.24) is 10.3 Å². The maximum atomic E-state index is 13.1. The molecular formula is C24H21N3O3S2. The smallest absolute Gasteiger partial charge is 0.262 e. The van der Waals surface area contributed by atoms with Crippen LogP contribution in [0.3, 0.4) is 0 Å². The van der Waals surface area contributed by atoms with Gasteiger partial charge in [-0.2, -0.15) is 0 Å². The zero-order valence-corrected chi connectivity index (χ0v) is 18.9. The summed E-state index contributed by atoms with van der Waals surface area (Å²) in [5.74, 6) is 0.186. The van der Waals surface area contributed by atoms with Crippen molar-refractivity contribution in [3.63, 3.8) is 0 Å². The molecule has 0 aliphatic carbocycles. The van der Waals surface area contributed by atoms with Crippen LogP contribution in [0.15, 0.2) is 77.5 Å². The fraction of sp³-hybridized carbons (Fsp3) is 0.125. The average molecular weight is 464 g/mol. The highest BCUT2D eigenvalue weighted by molar-refractivity contribution is 7.14. The Morgan fingerprint density at radius 2 is 1.78 bits per heavy atom. The van der Waals surface area contributed by atoms with E-state index in [2.05, 4.69) is 15.6 Å². The Labute approximate surface area is 193 Å². The number of carbonyl (C=O) groups is 2. The van der Waals surface area contributed by atoms with E-state index in [1.807, 2.05) is 71.4 Å². The standard InChI is InChI=1S/C24H21N3O3S2/c1-30-18-11-9-17(10-12-18)20-15-32-24(26-20)27-22(28)19(14-16-6-3-2-4-7-16)25-23(29)21-8-5-13-31-21/h2-13,15,19H,14H2,1H3,(H,25,29)(H,26,27,28)/t19-/m1/s1. The Morgan fingerprint density at radius 3 is 2.47 bits per heavy atom. The fourth-order valence-corrected chi connectivity index (χ4v) is 4.46. The molecule has 4 rings (SSSR count). The Bertz CT molecular complexity index is 1170. The maximum Gasteiger partial charge on any atom is 0.262 e. The van der Waals surface area contributed by atoms with Gasteiger partial charge in [0.2, 0.25) is 5.91 Å². The summed E-state index contributed by atoms with van der Waals surface area (Å²) in [7, 11) is 1.62. The first-order valence-electron chi connectivity index (χ1n) is 9.91. The molecule has 0 aliphatic rings. The van der Waals surface area contributed by atoms with Gasteiger partial charge in [-0.15, -0.1) is 22.7 Å². The molecule has 2 aromatic carbocycles. The monoisotopic (exact) mass is 463 g/mol. The van der Waals surface area contributed by atoms with Gasteiger partial charge in [-0.25, -0.2) is 4.98 Å². The molecule has 6 nitrogen and oxygen atoms in total. The zero-order chi connectivity index (χ0) is 22.3. The molecule has 0 unspecified atom stereocenters. The van der Waals surface area contributed by atoms with E-state index in [1.54, 1.807) is 13.2 Å². The van der Waals surface area contributed by atoms with E-state index in [4.69, 9.17) is 4.74 Å². The Balaban J connectivity index is 1.49. The number of hydrogen-bond donors (Lipinski definition) is 2. The van der Waals surface area contributed by atoms with Crippen molar-refractivity contribution in [2.45, 2.75) is 12.5 Å². The van der Waals surface area contributed by atoms with E-state index in [1.165, 1.54) is 22.7 Å². The number of hydrogen-bond acceptors (Lipinski definition) is 6. The molecule has 2 N–H and O–H groups in total. The molecule has 162 valence electrons. The summed E-state index contributed by atoms with van der Waals surface area (Å²) in [5.41, 5.74) is 2.64. The summed E-state index contributed by atoms with van der Waals surface area (Å²) >= 11 is 2.67. The number of rotatable bonds is 8. The minimum Gasteiger partial charge on any atom is -0.497 e. The minimum atomic E-state index is -0.736. The normalized spacial score (nSPS) is 11.5. The van der Waals surface area contributed by atoms with Gasteiger partial charge in [0.25, 0.3) is 5.91 Å². The van der Waals surface area contributed by atoms with Gasteiger partial charge in [-0.05, 0) is 41.3 Å². The van der Waals surface area contributed by atoms with Gasteiger partial charge >= 0.3 is 0 Å². The summed E-state index contributed by atoms with van der Waals surface area (Å²) < 4.78 is 5.19. The van der Waals surface area contributed by atoms with E-state index in [0.717, 1.165) is 22.6 Å². The van der Waals surface area contributed by atoms with Gasteiger partial charge in [-0.1, -0.05) is 36.4 Å². The number of nitrogens with one attached hydrogen (secondary N) is 2. The van der Waals surface area contributed by atoms with E-state index >= 15 is 0 Å². The predicted molar refractivity (Wildman–Crippen MR) is 128 cm³/mol. The van der Waals surface area contributed by atoms with Gasteiger partial charge in [0.05, 0.1) is 17.7 Å². The maximum absolute atomic E-state index is 13.1. The number of methoxy groups -OCH3 is 1. The van der Waals surface area contributed by atoms with E-state index < -0.39 is 6.04 Å². The van der Waals surface area contributed by atoms with Crippen molar-refractivity contribution in [1.29, 1.82) is 0 Å². The highest BCUT2D eigenvalue weighted by Crippen LogP contribution is 2.26. The number of anilines is 1. The quantitative estimate of drug-likeness (QED) is 0.391. The molecule has 2 heterocycles. The SMILES string of the molecule is COc1ccc(-c2csc(NC(=O)[C@@H](Cc3ccccc3)NC(=O)c3cccs3)n2)cc1. The van der Waals surface area contributed by atoms with Crippen LogP contribution in [0.4, 0.5) is 5.13 Å². The Kier molecular flexibility index (Phi) is 6.94. The van der Waals surface area contributed by atoms with Crippen LogP contribution in [0, 0.1) is 0 Å². The third-order valence-corrected chi connectivity index (χ3v) is 6.40.